The average molecular weight is 198 g/mol. The van der Waals surface area contributed by atoms with Crippen molar-refractivity contribution in [1.82, 2.24) is 0 Å². The number of carbonyl (C=O) groups excluding carboxylic acids is 1. The van der Waals surface area contributed by atoms with Crippen molar-refractivity contribution < 1.29 is 17.8 Å². The fraction of sp³-hybridized carbons (Fsp3) is 0. The van der Waals surface area contributed by atoms with Gasteiger partial charge in [-0.05, 0) is 0 Å². The summed E-state index contributed by atoms with van der Waals surface area (Å²) in [5.74, 6) is 1.19. The summed E-state index contributed by atoms with van der Waals surface area (Å²) in [5, 5.41) is 0. The zero-order valence-corrected chi connectivity index (χ0v) is 7.28. The minimum absolute atomic E-state index is 0.125. The summed E-state index contributed by atoms with van der Waals surface area (Å²) in [6.45, 7) is 0. The molecular formula is C8H6O4S. The molecule has 0 fully saturated rings. The Balaban J connectivity index is 3.32. The maximum Gasteiger partial charge on any atom is 0.305 e. The van der Waals surface area contributed by atoms with Crippen molar-refractivity contribution >= 4 is 21.0 Å². The van der Waals surface area contributed by atoms with Gasteiger partial charge in [-0.25, -0.2) is 4.79 Å². The molecule has 68 valence electrons. The second-order valence-corrected chi connectivity index (χ2v) is 3.63. The summed E-state index contributed by atoms with van der Waals surface area (Å²) >= 11 is 0. The molecule has 13 heavy (non-hydrogen) atoms. The highest BCUT2D eigenvalue weighted by Crippen LogP contribution is 2.15. The van der Waals surface area contributed by atoms with Crippen molar-refractivity contribution in [3.8, 4) is 0 Å². The van der Waals surface area contributed by atoms with E-state index < -0.39 is 15.0 Å². The van der Waals surface area contributed by atoms with Gasteiger partial charge in [0.25, 0.3) is 0 Å². The van der Waals surface area contributed by atoms with Gasteiger partial charge in [-0.3, -0.25) is 4.55 Å². The molecule has 0 unspecified atom stereocenters. The van der Waals surface area contributed by atoms with Gasteiger partial charge >= 0.3 is 10.1 Å². The first-order valence-electron chi connectivity index (χ1n) is 3.33. The number of hydrogen-bond donors (Lipinski definition) is 1. The lowest BCUT2D eigenvalue weighted by atomic mass is 10.2. The molecule has 0 saturated heterocycles. The predicted molar refractivity (Wildman–Crippen MR) is 47.1 cm³/mol. The molecule has 1 N–H and O–H groups in total. The quantitative estimate of drug-likeness (QED) is 0.562. The Morgan fingerprint density at radius 1 is 1.23 bits per heavy atom. The van der Waals surface area contributed by atoms with Gasteiger partial charge in [0, 0.05) is 5.56 Å². The monoisotopic (exact) mass is 198 g/mol. The van der Waals surface area contributed by atoms with Crippen LogP contribution in [0, 0.1) is 0 Å². The zero-order valence-electron chi connectivity index (χ0n) is 6.47. The first-order chi connectivity index (χ1) is 6.05. The lowest BCUT2D eigenvalue weighted by Gasteiger charge is -1.97. The smallest absolute Gasteiger partial charge is 0.281 e. The van der Waals surface area contributed by atoms with Crippen LogP contribution in [0.5, 0.6) is 0 Å². The average Bonchev–Trinajstić information content (AvgIpc) is 2.05. The highest BCUT2D eigenvalue weighted by Gasteiger charge is 2.16. The second kappa shape index (κ2) is 3.53. The first kappa shape index (κ1) is 9.67. The van der Waals surface area contributed by atoms with Gasteiger partial charge in [-0.2, -0.15) is 8.42 Å². The lowest BCUT2D eigenvalue weighted by molar-refractivity contribution is 0.496. The third-order valence-electron chi connectivity index (χ3n) is 1.39. The molecule has 0 atom stereocenters. The number of rotatable bonds is 2. The van der Waals surface area contributed by atoms with E-state index in [4.69, 9.17) is 4.55 Å². The normalized spacial score (nSPS) is 10.5. The van der Waals surface area contributed by atoms with E-state index in [1.54, 1.807) is 18.2 Å². The van der Waals surface area contributed by atoms with E-state index in [1.807, 2.05) is 0 Å². The van der Waals surface area contributed by atoms with Gasteiger partial charge in [0.05, 0.1) is 0 Å². The molecule has 1 rings (SSSR count). The van der Waals surface area contributed by atoms with Gasteiger partial charge in [0.2, 0.25) is 0 Å². The van der Waals surface area contributed by atoms with Crippen LogP contribution in [0.2, 0.25) is 0 Å². The summed E-state index contributed by atoms with van der Waals surface area (Å²) in [6, 6.07) is 7.56. The van der Waals surface area contributed by atoms with E-state index in [0.29, 0.717) is 0 Å². The highest BCUT2D eigenvalue weighted by molar-refractivity contribution is 7.95. The summed E-state index contributed by atoms with van der Waals surface area (Å²) < 4.78 is 29.8. The van der Waals surface area contributed by atoms with E-state index in [9.17, 15) is 13.2 Å². The van der Waals surface area contributed by atoms with Crippen LogP contribution in [0.3, 0.4) is 0 Å². The van der Waals surface area contributed by atoms with Crippen molar-refractivity contribution in [3.63, 3.8) is 0 Å². The van der Waals surface area contributed by atoms with Crippen LogP contribution < -0.4 is 0 Å². The molecule has 4 nitrogen and oxygen atoms in total. The minimum Gasteiger partial charge on any atom is -0.281 e. The number of benzene rings is 1. The molecule has 0 aliphatic carbocycles. The van der Waals surface area contributed by atoms with Crippen LogP contribution in [0.4, 0.5) is 0 Å². The predicted octanol–water partition coefficient (Wildman–Crippen LogP) is 0.747. The topological polar surface area (TPSA) is 71.4 Å². The summed E-state index contributed by atoms with van der Waals surface area (Å²) in [4.78, 5) is 9.51. The molecule has 0 bridgehead atoms. The SMILES string of the molecule is O=C=C(c1ccccc1)S(=O)(=O)O. The molecule has 0 aromatic heterocycles. The van der Waals surface area contributed by atoms with Crippen LogP contribution in [-0.4, -0.2) is 18.9 Å². The van der Waals surface area contributed by atoms with Crippen LogP contribution in [-0.2, 0) is 14.9 Å². The van der Waals surface area contributed by atoms with Gasteiger partial charge in [0.15, 0.2) is 4.91 Å². The Bertz CT molecular complexity index is 440. The maximum atomic E-state index is 10.6. The highest BCUT2D eigenvalue weighted by atomic mass is 32.2. The van der Waals surface area contributed by atoms with E-state index in [-0.39, 0.29) is 5.56 Å². The molecule has 0 radical (unpaired) electrons. The first-order valence-corrected chi connectivity index (χ1v) is 4.77. The van der Waals surface area contributed by atoms with E-state index >= 15 is 0 Å². The van der Waals surface area contributed by atoms with E-state index in [2.05, 4.69) is 0 Å². The van der Waals surface area contributed by atoms with Gasteiger partial charge < -0.3 is 0 Å². The Morgan fingerprint density at radius 3 is 2.15 bits per heavy atom. The third-order valence-corrected chi connectivity index (χ3v) is 2.22. The Morgan fingerprint density at radius 2 is 1.77 bits per heavy atom. The van der Waals surface area contributed by atoms with E-state index in [0.717, 1.165) is 0 Å². The molecule has 1 aromatic carbocycles. The molecule has 0 aliphatic rings. The van der Waals surface area contributed by atoms with Crippen LogP contribution in [0.1, 0.15) is 5.56 Å². The van der Waals surface area contributed by atoms with Crippen molar-refractivity contribution in [2.75, 3.05) is 0 Å². The van der Waals surface area contributed by atoms with Crippen molar-refractivity contribution in [1.29, 1.82) is 0 Å². The fourth-order valence-corrected chi connectivity index (χ4v) is 1.39. The van der Waals surface area contributed by atoms with Crippen molar-refractivity contribution in [2.24, 2.45) is 0 Å². The largest absolute Gasteiger partial charge is 0.305 e. The molecule has 0 aliphatic heterocycles. The Kier molecular flexibility index (Phi) is 2.63. The zero-order chi connectivity index (χ0) is 9.90. The minimum atomic E-state index is -4.47. The van der Waals surface area contributed by atoms with Gasteiger partial charge in [-0.15, -0.1) is 0 Å². The summed E-state index contributed by atoms with van der Waals surface area (Å²) in [5.41, 5.74) is 0.125. The number of hydrogen-bond acceptors (Lipinski definition) is 3. The fourth-order valence-electron chi connectivity index (χ4n) is 0.850. The van der Waals surface area contributed by atoms with Crippen molar-refractivity contribution in [3.05, 3.63) is 35.9 Å². The Labute approximate surface area is 75.3 Å². The molecular weight excluding hydrogens is 192 g/mol. The van der Waals surface area contributed by atoms with Crippen LogP contribution in [0.15, 0.2) is 30.3 Å². The second-order valence-electron chi connectivity index (χ2n) is 2.27. The maximum absolute atomic E-state index is 10.6. The molecule has 0 amide bonds. The summed E-state index contributed by atoms with van der Waals surface area (Å²) in [7, 11) is -4.47. The van der Waals surface area contributed by atoms with Gasteiger partial charge in [-0.1, -0.05) is 30.3 Å². The van der Waals surface area contributed by atoms with Crippen LogP contribution >= 0.6 is 0 Å². The molecule has 0 spiro atoms. The molecule has 0 saturated carbocycles. The lowest BCUT2D eigenvalue weighted by Crippen LogP contribution is -2.01. The Hall–Kier alpha value is -1.42. The third kappa shape index (κ3) is 2.26. The van der Waals surface area contributed by atoms with Gasteiger partial charge in [0.1, 0.15) is 5.94 Å². The summed E-state index contributed by atoms with van der Waals surface area (Å²) in [6.07, 6.45) is 0. The molecule has 1 aromatic rings. The molecule has 0 heterocycles. The standard InChI is InChI=1S/C8H6O4S/c9-6-8(13(10,11)12)7-4-2-1-3-5-7/h1-5H,(H,10,11,12). The molecule has 5 heteroatoms. The van der Waals surface area contributed by atoms with E-state index in [1.165, 1.54) is 18.1 Å². The van der Waals surface area contributed by atoms with Crippen molar-refractivity contribution in [2.45, 2.75) is 0 Å². The van der Waals surface area contributed by atoms with Crippen LogP contribution in [0.25, 0.3) is 4.91 Å².